The Bertz CT molecular complexity index is 1130. The number of hydrogen-bond donors (Lipinski definition) is 0. The Balaban J connectivity index is 1.32. The number of pyridine rings is 1. The molecule has 2 aromatic heterocycles. The summed E-state index contributed by atoms with van der Waals surface area (Å²) in [6, 6.07) is 7.38. The molecule has 1 aromatic carbocycles. The highest BCUT2D eigenvalue weighted by Gasteiger charge is 2.42. The SMILES string of the molecule is COc1cc(N2C[C@H]3CC[C@@H](C2)C3Cc2nc(Oc3cc(F)cc(F)c3)n(C(C)C)n2)ccn1. The summed E-state index contributed by atoms with van der Waals surface area (Å²) in [5.41, 5.74) is 1.14. The van der Waals surface area contributed by atoms with E-state index in [-0.39, 0.29) is 17.8 Å². The molecular formula is C25H29F2N5O2. The number of ether oxygens (including phenoxy) is 2. The Morgan fingerprint density at radius 2 is 1.76 bits per heavy atom. The molecule has 1 aliphatic heterocycles. The fraction of sp³-hybridized carbons (Fsp3) is 0.480. The molecule has 9 heteroatoms. The number of methoxy groups -OCH3 is 1. The molecule has 0 radical (unpaired) electrons. The molecule has 34 heavy (non-hydrogen) atoms. The maximum absolute atomic E-state index is 13.6. The van der Waals surface area contributed by atoms with Crippen molar-refractivity contribution in [3.63, 3.8) is 0 Å². The van der Waals surface area contributed by atoms with Gasteiger partial charge in [-0.15, -0.1) is 0 Å². The van der Waals surface area contributed by atoms with E-state index in [0.29, 0.717) is 29.5 Å². The van der Waals surface area contributed by atoms with Gasteiger partial charge in [-0.2, -0.15) is 10.1 Å². The van der Waals surface area contributed by atoms with Crippen LogP contribution in [0.3, 0.4) is 0 Å². The molecule has 1 aliphatic carbocycles. The molecule has 0 spiro atoms. The van der Waals surface area contributed by atoms with Crippen molar-refractivity contribution in [1.82, 2.24) is 19.7 Å². The van der Waals surface area contributed by atoms with Gasteiger partial charge in [0.05, 0.1) is 13.2 Å². The molecule has 0 N–H and O–H groups in total. The van der Waals surface area contributed by atoms with Crippen molar-refractivity contribution in [3.8, 4) is 17.6 Å². The van der Waals surface area contributed by atoms with E-state index < -0.39 is 11.6 Å². The van der Waals surface area contributed by atoms with Crippen LogP contribution in [0.25, 0.3) is 0 Å². The van der Waals surface area contributed by atoms with Crippen LogP contribution in [-0.2, 0) is 6.42 Å². The van der Waals surface area contributed by atoms with Crippen LogP contribution in [0.1, 0.15) is 38.6 Å². The highest BCUT2D eigenvalue weighted by atomic mass is 19.1. The van der Waals surface area contributed by atoms with Gasteiger partial charge in [-0.3, -0.25) is 0 Å². The number of benzene rings is 1. The fourth-order valence-corrected chi connectivity index (χ4v) is 5.33. The number of fused-ring (bicyclic) bond motifs is 2. The van der Waals surface area contributed by atoms with Crippen LogP contribution in [-0.4, -0.2) is 39.9 Å². The van der Waals surface area contributed by atoms with Crippen LogP contribution in [0.5, 0.6) is 17.6 Å². The van der Waals surface area contributed by atoms with Crippen molar-refractivity contribution in [1.29, 1.82) is 0 Å². The zero-order chi connectivity index (χ0) is 23.8. The van der Waals surface area contributed by atoms with Gasteiger partial charge in [-0.1, -0.05) is 0 Å². The lowest BCUT2D eigenvalue weighted by atomic mass is 9.82. The number of halogens is 2. The predicted molar refractivity (Wildman–Crippen MR) is 123 cm³/mol. The van der Waals surface area contributed by atoms with Crippen molar-refractivity contribution < 1.29 is 18.3 Å². The highest BCUT2D eigenvalue weighted by Crippen LogP contribution is 2.44. The Kier molecular flexibility index (Phi) is 6.10. The van der Waals surface area contributed by atoms with Gasteiger partial charge in [-0.05, 0) is 50.5 Å². The number of nitrogens with zero attached hydrogens (tertiary/aromatic N) is 5. The van der Waals surface area contributed by atoms with Crippen molar-refractivity contribution in [2.45, 2.75) is 39.2 Å². The first-order chi connectivity index (χ1) is 16.4. The lowest BCUT2D eigenvalue weighted by molar-refractivity contribution is 0.265. The van der Waals surface area contributed by atoms with Crippen molar-refractivity contribution in [3.05, 3.63) is 54.0 Å². The quantitative estimate of drug-likeness (QED) is 0.483. The van der Waals surface area contributed by atoms with Gasteiger partial charge in [0.15, 0.2) is 5.82 Å². The van der Waals surface area contributed by atoms with Crippen LogP contribution in [0.4, 0.5) is 14.5 Å². The summed E-state index contributed by atoms with van der Waals surface area (Å²) in [6.45, 7) is 5.90. The smallest absolute Gasteiger partial charge is 0.320 e. The third-order valence-corrected chi connectivity index (χ3v) is 6.92. The maximum atomic E-state index is 13.6. The lowest BCUT2D eigenvalue weighted by Crippen LogP contribution is -2.42. The molecule has 3 atom stereocenters. The molecular weight excluding hydrogens is 440 g/mol. The standard InChI is InChI=1S/C25H29F2N5O2/c1-15(2)32-25(34-21-9-18(26)8-19(27)10-21)29-23(30-32)12-22-16-4-5-17(22)14-31(13-16)20-6-7-28-24(11-20)33-3/h6-11,15-17,22H,4-5,12-14H2,1-3H3/t16-,17+,22?. The number of anilines is 1. The Hall–Kier alpha value is -3.23. The second kappa shape index (κ2) is 9.19. The summed E-state index contributed by atoms with van der Waals surface area (Å²) in [6.07, 6.45) is 4.92. The molecule has 1 unspecified atom stereocenters. The number of hydrogen-bond acceptors (Lipinski definition) is 6. The third-order valence-electron chi connectivity index (χ3n) is 6.92. The molecule has 2 fully saturated rings. The van der Waals surface area contributed by atoms with Crippen LogP contribution in [0, 0.1) is 29.4 Å². The first-order valence-electron chi connectivity index (χ1n) is 11.7. The van der Waals surface area contributed by atoms with E-state index in [0.717, 1.165) is 43.4 Å². The van der Waals surface area contributed by atoms with Gasteiger partial charge in [-0.25, -0.2) is 18.4 Å². The average molecular weight is 470 g/mol. The van der Waals surface area contributed by atoms with E-state index in [2.05, 4.69) is 14.9 Å². The highest BCUT2D eigenvalue weighted by molar-refractivity contribution is 5.49. The van der Waals surface area contributed by atoms with Crippen LogP contribution in [0.2, 0.25) is 0 Å². The molecule has 180 valence electrons. The average Bonchev–Trinajstić information content (AvgIpc) is 3.29. The molecule has 1 saturated heterocycles. The normalized spacial score (nSPS) is 21.8. The topological polar surface area (TPSA) is 65.3 Å². The van der Waals surface area contributed by atoms with Crippen molar-refractivity contribution >= 4 is 5.69 Å². The summed E-state index contributed by atoms with van der Waals surface area (Å²) in [5.74, 6) is 1.60. The second-order valence-corrected chi connectivity index (χ2v) is 9.48. The van der Waals surface area contributed by atoms with Crippen LogP contribution >= 0.6 is 0 Å². The molecule has 2 bridgehead atoms. The Morgan fingerprint density at radius 3 is 2.41 bits per heavy atom. The summed E-state index contributed by atoms with van der Waals surface area (Å²) in [4.78, 5) is 11.3. The molecule has 3 aromatic rings. The Morgan fingerprint density at radius 1 is 1.06 bits per heavy atom. The van der Waals surface area contributed by atoms with E-state index >= 15 is 0 Å². The van der Waals surface area contributed by atoms with Gasteiger partial charge in [0, 0.05) is 55.7 Å². The molecule has 0 amide bonds. The predicted octanol–water partition coefficient (Wildman–Crippen LogP) is 5.04. The molecule has 3 heterocycles. The summed E-state index contributed by atoms with van der Waals surface area (Å²) < 4.78 is 40.0. The van der Waals surface area contributed by atoms with Gasteiger partial charge < -0.3 is 14.4 Å². The summed E-state index contributed by atoms with van der Waals surface area (Å²) in [5, 5.41) is 4.70. The molecule has 1 saturated carbocycles. The lowest BCUT2D eigenvalue weighted by Gasteiger charge is -2.39. The summed E-state index contributed by atoms with van der Waals surface area (Å²) in [7, 11) is 1.63. The summed E-state index contributed by atoms with van der Waals surface area (Å²) >= 11 is 0. The maximum Gasteiger partial charge on any atom is 0.320 e. The van der Waals surface area contributed by atoms with E-state index in [9.17, 15) is 8.78 Å². The number of aromatic nitrogens is 4. The van der Waals surface area contributed by atoms with Crippen LogP contribution in [0.15, 0.2) is 36.5 Å². The number of piperidine rings is 1. The van der Waals surface area contributed by atoms with Crippen molar-refractivity contribution in [2.24, 2.45) is 17.8 Å². The number of rotatable bonds is 7. The van der Waals surface area contributed by atoms with Crippen LogP contribution < -0.4 is 14.4 Å². The van der Waals surface area contributed by atoms with E-state index in [1.165, 1.54) is 12.8 Å². The van der Waals surface area contributed by atoms with Gasteiger partial charge in [0.2, 0.25) is 5.88 Å². The van der Waals surface area contributed by atoms with Crippen molar-refractivity contribution in [2.75, 3.05) is 25.1 Å². The first-order valence-corrected chi connectivity index (χ1v) is 11.7. The van der Waals surface area contributed by atoms with Gasteiger partial charge in [0.1, 0.15) is 17.4 Å². The zero-order valence-electron chi connectivity index (χ0n) is 19.6. The largest absolute Gasteiger partial charge is 0.481 e. The molecule has 2 aliphatic rings. The third kappa shape index (κ3) is 4.56. The second-order valence-electron chi connectivity index (χ2n) is 9.48. The monoisotopic (exact) mass is 469 g/mol. The van der Waals surface area contributed by atoms with E-state index in [1.807, 2.05) is 26.0 Å². The minimum absolute atomic E-state index is 0.00473. The first kappa shape index (κ1) is 22.6. The zero-order valence-corrected chi connectivity index (χ0v) is 19.6. The van der Waals surface area contributed by atoms with E-state index in [4.69, 9.17) is 14.6 Å². The minimum Gasteiger partial charge on any atom is -0.481 e. The molecule has 7 nitrogen and oxygen atoms in total. The Labute approximate surface area is 197 Å². The van der Waals surface area contributed by atoms with E-state index in [1.54, 1.807) is 18.0 Å². The van der Waals surface area contributed by atoms with Gasteiger partial charge >= 0.3 is 6.01 Å². The fourth-order valence-electron chi connectivity index (χ4n) is 5.33. The molecule has 5 rings (SSSR count). The minimum atomic E-state index is -0.694. The van der Waals surface area contributed by atoms with Gasteiger partial charge in [0.25, 0.3) is 0 Å².